The van der Waals surface area contributed by atoms with Crippen LogP contribution in [0.4, 0.5) is 5.13 Å². The molecule has 7 N–H and O–H groups in total. The van der Waals surface area contributed by atoms with Crippen molar-refractivity contribution in [3.63, 3.8) is 0 Å². The molecule has 0 aliphatic carbocycles. The summed E-state index contributed by atoms with van der Waals surface area (Å²) in [7, 11) is 1.83. The van der Waals surface area contributed by atoms with Crippen molar-refractivity contribution in [2.75, 3.05) is 25.1 Å². The van der Waals surface area contributed by atoms with E-state index >= 15 is 0 Å². The Balaban J connectivity index is 1.38. The smallest absolute Gasteiger partial charge is 0.350 e. The predicted octanol–water partition coefficient (Wildman–Crippen LogP) is -0.529. The van der Waals surface area contributed by atoms with Gasteiger partial charge in [-0.2, -0.15) is 0 Å². The van der Waals surface area contributed by atoms with Gasteiger partial charge in [-0.25, -0.2) is 14.3 Å². The number of aliphatic carboxylic acids is 1. The molecule has 1 saturated heterocycles. The third-order valence-electron chi connectivity index (χ3n) is 7.35. The first-order valence-electron chi connectivity index (χ1n) is 14.1. The number of aldehydes is 1. The lowest BCUT2D eigenvalue weighted by atomic mass is 10.0. The predicted molar refractivity (Wildman–Crippen MR) is 171 cm³/mol. The summed E-state index contributed by atoms with van der Waals surface area (Å²) in [6.07, 6.45) is 1.68. The number of thioether (sulfide) groups is 1. The molecule has 5 rings (SSSR count). The van der Waals surface area contributed by atoms with Crippen molar-refractivity contribution in [3.8, 4) is 0 Å². The number of nitrogens with zero attached hydrogens (tertiary/aromatic N) is 6. The number of halogens is 1. The molecule has 0 bridgehead atoms. The maximum Gasteiger partial charge on any atom is 0.350 e. The van der Waals surface area contributed by atoms with Gasteiger partial charge >= 0.3 is 23.3 Å². The maximum absolute atomic E-state index is 13.4. The molecule has 248 valence electrons. The number of nitrogen functional groups attached to an aromatic ring is 1. The van der Waals surface area contributed by atoms with Crippen LogP contribution in [-0.4, -0.2) is 97.1 Å². The fourth-order valence-corrected chi connectivity index (χ4v) is 7.34. The van der Waals surface area contributed by atoms with Crippen LogP contribution < -0.4 is 26.7 Å². The number of anilines is 1. The number of hydrogen-bond acceptors (Lipinski definition) is 13. The Morgan fingerprint density at radius 2 is 2.13 bits per heavy atom. The highest BCUT2D eigenvalue weighted by Gasteiger charge is 2.53. The van der Waals surface area contributed by atoms with Crippen LogP contribution in [0.25, 0.3) is 11.2 Å². The van der Waals surface area contributed by atoms with E-state index in [1.54, 1.807) is 21.4 Å². The van der Waals surface area contributed by atoms with E-state index in [2.05, 4.69) is 25.8 Å². The number of aromatic nitrogens is 4. The van der Waals surface area contributed by atoms with Crippen molar-refractivity contribution in [1.82, 2.24) is 30.1 Å². The quantitative estimate of drug-likeness (QED) is 0.0355. The molecule has 2 unspecified atom stereocenters. The number of hydrogen-bond donors (Lipinski definition) is 5. The number of carbonyl (C=O) groups excluding carboxylic acids is 4. The van der Waals surface area contributed by atoms with E-state index in [0.717, 1.165) is 24.3 Å². The molecule has 3 atom stereocenters. The Labute approximate surface area is 279 Å². The number of aryl methyl sites for hydroxylation is 1. The summed E-state index contributed by atoms with van der Waals surface area (Å²) < 4.78 is 3.55. The van der Waals surface area contributed by atoms with Gasteiger partial charge in [0.1, 0.15) is 33.5 Å². The molecule has 0 spiro atoms. The minimum absolute atomic E-state index is 0.00525. The highest BCUT2D eigenvalue weighted by atomic mass is 35.5. The van der Waals surface area contributed by atoms with Gasteiger partial charge < -0.3 is 32.0 Å². The fourth-order valence-electron chi connectivity index (χ4n) is 5.06. The van der Waals surface area contributed by atoms with Gasteiger partial charge in [0, 0.05) is 17.9 Å². The normalized spacial score (nSPS) is 18.5. The highest BCUT2D eigenvalue weighted by Crippen LogP contribution is 2.40. The zero-order valence-electron chi connectivity index (χ0n) is 25.0. The van der Waals surface area contributed by atoms with Gasteiger partial charge in [0.05, 0.1) is 11.9 Å². The molecular weight excluding hydrogens is 676 g/mol. The first-order chi connectivity index (χ1) is 22.5. The number of amides is 3. The van der Waals surface area contributed by atoms with E-state index < -0.39 is 46.9 Å². The molecule has 5 heterocycles. The average Bonchev–Trinajstić information content (AvgIpc) is 3.58. The monoisotopic (exact) mass is 705 g/mol. The highest BCUT2D eigenvalue weighted by molar-refractivity contribution is 8.00. The van der Waals surface area contributed by atoms with Gasteiger partial charge in [-0.3, -0.25) is 28.6 Å². The second kappa shape index (κ2) is 14.0. The molecule has 0 saturated carbocycles. The van der Waals surface area contributed by atoms with E-state index in [0.29, 0.717) is 35.3 Å². The van der Waals surface area contributed by atoms with Crippen LogP contribution in [-0.2, 0) is 37.1 Å². The Hall–Kier alpha value is -4.59. The van der Waals surface area contributed by atoms with Crippen molar-refractivity contribution in [2.24, 2.45) is 10.9 Å². The summed E-state index contributed by atoms with van der Waals surface area (Å²) in [5, 5.41) is 17.9. The number of imidazole rings is 1. The number of allylic oxidation sites excluding steroid dienone is 1. The number of primary amides is 1. The minimum atomic E-state index is -1.40. The van der Waals surface area contributed by atoms with E-state index in [1.165, 1.54) is 23.6 Å². The molecule has 3 amide bonds. The zero-order valence-corrected chi connectivity index (χ0v) is 27.4. The van der Waals surface area contributed by atoms with Crippen molar-refractivity contribution in [1.29, 1.82) is 0 Å². The molecule has 1 fully saturated rings. The summed E-state index contributed by atoms with van der Waals surface area (Å²) in [6, 6.07) is 2.57. The standard InChI is InChI=1S/C27H29ClN10O7S2/c1-12(26(43)44)45-35-17(16-19(28)47-27(30)33-16)23(41)32-18-24(42)38-15(10-39)13(11-46-25(18)38)9-36-7-3-5-14-21(36)34-22(20(29)40)37(14)8-4-6-31-2/h3,5,7,10,12,18,25,31H,4,6,8-9,11H2,1-2H3,(H5-,29,30,32,33,40,41,43,44)/p+1/b35-17-/t12-,18?,25?/m0/s1. The van der Waals surface area contributed by atoms with Crippen molar-refractivity contribution >= 4 is 86.7 Å². The Morgan fingerprint density at radius 1 is 1.36 bits per heavy atom. The van der Waals surface area contributed by atoms with E-state index in [4.69, 9.17) is 33.0 Å². The van der Waals surface area contributed by atoms with Gasteiger partial charge in [-0.1, -0.05) is 28.1 Å². The molecule has 0 radical (unpaired) electrons. The molecule has 17 nitrogen and oxygen atoms in total. The Kier molecular flexibility index (Phi) is 10.1. The van der Waals surface area contributed by atoms with Crippen LogP contribution in [0.2, 0.25) is 4.34 Å². The number of β-lactam (4-membered cyclic amide) rings is 1. The van der Waals surface area contributed by atoms with Gasteiger partial charge in [0.25, 0.3) is 11.8 Å². The van der Waals surface area contributed by atoms with Crippen LogP contribution >= 0.6 is 34.7 Å². The first-order valence-corrected chi connectivity index (χ1v) is 16.4. The summed E-state index contributed by atoms with van der Waals surface area (Å²) in [6.45, 7) is 2.63. The summed E-state index contributed by atoms with van der Waals surface area (Å²) in [4.78, 5) is 77.2. The minimum Gasteiger partial charge on any atom is -0.478 e. The molecule has 3 aromatic rings. The van der Waals surface area contributed by atoms with Crippen molar-refractivity contribution in [2.45, 2.75) is 44.0 Å². The molecule has 0 aromatic carbocycles. The number of nitrogens with one attached hydrogen (secondary N) is 2. The summed E-state index contributed by atoms with van der Waals surface area (Å²) in [5.41, 5.74) is 12.7. The van der Waals surface area contributed by atoms with E-state index in [9.17, 15) is 24.0 Å². The number of carbonyl (C=O) groups is 5. The number of nitrogens with two attached hydrogens (primary N) is 2. The van der Waals surface area contributed by atoms with Crippen LogP contribution in [0.3, 0.4) is 0 Å². The number of thiazole rings is 1. The SMILES string of the molecule is CNCCCn1c(C(N)=O)nc2c1ccc[n+]2CC1=C(C=O)N2C(=O)C(NC(=O)/C(=N\O[C@@H](C)C(=O)O)c3nc(N)sc3Cl)C2SC1. The van der Waals surface area contributed by atoms with Crippen molar-refractivity contribution < 1.29 is 38.5 Å². The first kappa shape index (κ1) is 33.8. The van der Waals surface area contributed by atoms with Crippen molar-refractivity contribution in [3.05, 3.63) is 45.5 Å². The van der Waals surface area contributed by atoms with Crippen LogP contribution in [0, 0.1) is 0 Å². The number of rotatable bonds is 14. The Bertz CT molecular complexity index is 1840. The lowest BCUT2D eigenvalue weighted by Crippen LogP contribution is -2.70. The van der Waals surface area contributed by atoms with Gasteiger partial charge in [-0.05, 0) is 44.1 Å². The van der Waals surface area contributed by atoms with Crippen LogP contribution in [0.15, 0.2) is 34.8 Å². The molecular formula is C27H30ClN10O7S2+. The third kappa shape index (κ3) is 6.64. The molecule has 3 aromatic heterocycles. The number of fused-ring (bicyclic) bond motifs is 2. The molecule has 20 heteroatoms. The number of carboxylic acids is 1. The Morgan fingerprint density at radius 3 is 2.77 bits per heavy atom. The fraction of sp³-hybridized carbons (Fsp3) is 0.370. The van der Waals surface area contributed by atoms with E-state index in [-0.39, 0.29) is 33.2 Å². The molecule has 2 aliphatic heterocycles. The van der Waals surface area contributed by atoms with Gasteiger partial charge in [-0.15, -0.1) is 11.8 Å². The summed E-state index contributed by atoms with van der Waals surface area (Å²) in [5.74, 6) is -3.01. The molecule has 47 heavy (non-hydrogen) atoms. The largest absolute Gasteiger partial charge is 0.478 e. The van der Waals surface area contributed by atoms with Gasteiger partial charge in [0.15, 0.2) is 17.1 Å². The number of oxime groups is 1. The number of pyridine rings is 1. The lowest BCUT2D eigenvalue weighted by Gasteiger charge is -2.49. The second-order valence-corrected chi connectivity index (χ2v) is 13.2. The topological polar surface area (TPSA) is 241 Å². The second-order valence-electron chi connectivity index (χ2n) is 10.4. The maximum atomic E-state index is 13.4. The van der Waals surface area contributed by atoms with Crippen LogP contribution in [0.5, 0.6) is 0 Å². The average molecular weight is 706 g/mol. The van der Waals surface area contributed by atoms with Crippen LogP contribution in [0.1, 0.15) is 29.7 Å². The third-order valence-corrected chi connectivity index (χ3v) is 9.78. The zero-order chi connectivity index (χ0) is 34.0. The lowest BCUT2D eigenvalue weighted by molar-refractivity contribution is -0.664. The number of carboxylic acid groups (broad SMARTS) is 1. The van der Waals surface area contributed by atoms with Gasteiger partial charge in [0.2, 0.25) is 6.10 Å². The summed E-state index contributed by atoms with van der Waals surface area (Å²) >= 11 is 8.38. The molecule has 2 aliphatic rings. The van der Waals surface area contributed by atoms with E-state index in [1.807, 2.05) is 13.1 Å².